The molecule has 0 unspecified atom stereocenters. The van der Waals surface area contributed by atoms with Crippen LogP contribution in [0.25, 0.3) is 5.69 Å². The molecule has 10 heteroatoms. The lowest BCUT2D eigenvalue weighted by Crippen LogP contribution is -2.30. The number of benzene rings is 1. The zero-order valence-electron chi connectivity index (χ0n) is 16.0. The Kier molecular flexibility index (Phi) is 6.52. The van der Waals surface area contributed by atoms with Crippen LogP contribution in [0.3, 0.4) is 0 Å². The Morgan fingerprint density at radius 3 is 2.71 bits per heavy atom. The molecule has 1 fully saturated rings. The summed E-state index contributed by atoms with van der Waals surface area (Å²) in [5.41, 5.74) is 0.958. The molecule has 0 spiro atoms. The van der Waals surface area contributed by atoms with E-state index in [1.165, 1.54) is 15.9 Å². The van der Waals surface area contributed by atoms with Gasteiger partial charge in [-0.15, -0.1) is 11.3 Å². The molecule has 3 aromatic rings. The van der Waals surface area contributed by atoms with Gasteiger partial charge < -0.3 is 10.2 Å². The van der Waals surface area contributed by atoms with Gasteiger partial charge in [0.15, 0.2) is 0 Å². The lowest BCUT2D eigenvalue weighted by molar-refractivity contribution is -0.117. The van der Waals surface area contributed by atoms with Crippen molar-refractivity contribution in [1.29, 1.82) is 0 Å². The quantitative estimate of drug-likeness (QED) is 0.507. The first-order valence-corrected chi connectivity index (χ1v) is 11.7. The molecule has 0 radical (unpaired) electrons. The average Bonchev–Trinajstić information content (AvgIpc) is 3.34. The van der Waals surface area contributed by atoms with Crippen molar-refractivity contribution in [3.63, 3.8) is 0 Å². The smallest absolute Gasteiger partial charge is 0.269 e. The van der Waals surface area contributed by atoms with E-state index in [0.29, 0.717) is 49.6 Å². The van der Waals surface area contributed by atoms with Crippen LogP contribution in [0.1, 0.15) is 16.1 Å². The summed E-state index contributed by atoms with van der Waals surface area (Å²) in [6.07, 6.45) is 1.96. The van der Waals surface area contributed by atoms with E-state index in [9.17, 15) is 14.4 Å². The van der Waals surface area contributed by atoms with Crippen LogP contribution < -0.4 is 15.8 Å². The number of rotatable bonds is 5. The van der Waals surface area contributed by atoms with Gasteiger partial charge in [0, 0.05) is 37.3 Å². The second-order valence-corrected chi connectivity index (χ2v) is 10.0. The summed E-state index contributed by atoms with van der Waals surface area (Å²) >= 11 is 16.8. The van der Waals surface area contributed by atoms with E-state index < -0.39 is 0 Å². The van der Waals surface area contributed by atoms with Crippen LogP contribution in [0.5, 0.6) is 0 Å². The predicted octanol–water partition coefficient (Wildman–Crippen LogP) is 4.75. The predicted molar refractivity (Wildman–Crippen MR) is 127 cm³/mol. The summed E-state index contributed by atoms with van der Waals surface area (Å²) in [5, 5.41) is 3.22. The number of aromatic nitrogens is 1. The molecule has 1 aromatic carbocycles. The Hall–Kier alpha value is -2.13. The van der Waals surface area contributed by atoms with Crippen molar-refractivity contribution in [2.75, 3.05) is 18.0 Å². The molecule has 1 aliphatic rings. The number of hydrogen-bond acceptors (Lipinski definition) is 4. The van der Waals surface area contributed by atoms with Gasteiger partial charge in [0.25, 0.3) is 11.5 Å². The molecule has 2 aromatic heterocycles. The summed E-state index contributed by atoms with van der Waals surface area (Å²) in [6.45, 7) is 0.854. The van der Waals surface area contributed by atoms with Crippen molar-refractivity contribution in [2.24, 2.45) is 5.92 Å². The van der Waals surface area contributed by atoms with Crippen LogP contribution in [-0.4, -0.2) is 29.5 Å². The number of anilines is 1. The number of thiophene rings is 1. The minimum atomic E-state index is -0.225. The van der Waals surface area contributed by atoms with Gasteiger partial charge in [-0.3, -0.25) is 19.0 Å². The van der Waals surface area contributed by atoms with Crippen molar-refractivity contribution >= 4 is 68.0 Å². The van der Waals surface area contributed by atoms with Gasteiger partial charge in [-0.05, 0) is 58.4 Å². The van der Waals surface area contributed by atoms with Crippen LogP contribution >= 0.6 is 50.5 Å². The van der Waals surface area contributed by atoms with E-state index in [4.69, 9.17) is 23.2 Å². The van der Waals surface area contributed by atoms with E-state index in [0.717, 1.165) is 0 Å². The summed E-state index contributed by atoms with van der Waals surface area (Å²) < 4.78 is 2.43. The fraction of sp³-hybridized carbons (Fsp3) is 0.190. The van der Waals surface area contributed by atoms with Crippen LogP contribution in [0.4, 0.5) is 5.69 Å². The zero-order valence-corrected chi connectivity index (χ0v) is 19.9. The van der Waals surface area contributed by atoms with Crippen molar-refractivity contribution in [2.45, 2.75) is 6.42 Å². The molecule has 1 aliphatic heterocycles. The number of amides is 2. The fourth-order valence-corrected chi connectivity index (χ4v) is 5.01. The van der Waals surface area contributed by atoms with Gasteiger partial charge in [-0.2, -0.15) is 0 Å². The standard InChI is InChI=1S/C21H16BrCl2N3O3S/c22-14-2-1-7-26(21(14)30)16-4-3-13(9-15(16)23)27-11-12(8-19(27)28)10-25-20(29)17-5-6-18(24)31-17/h1-7,9,12H,8,10-11H2,(H,25,29)/t12-/m0/s1. The number of carbonyl (C=O) groups excluding carboxylic acids is 2. The molecule has 1 N–H and O–H groups in total. The van der Waals surface area contributed by atoms with Gasteiger partial charge in [-0.1, -0.05) is 23.2 Å². The highest BCUT2D eigenvalue weighted by Gasteiger charge is 2.31. The van der Waals surface area contributed by atoms with Gasteiger partial charge >= 0.3 is 0 Å². The number of nitrogens with zero attached hydrogens (tertiary/aromatic N) is 2. The molecular formula is C21H16BrCl2N3O3S. The van der Waals surface area contributed by atoms with Crippen molar-refractivity contribution < 1.29 is 9.59 Å². The second kappa shape index (κ2) is 9.16. The molecule has 2 amide bonds. The Labute approximate surface area is 200 Å². The molecule has 3 heterocycles. The van der Waals surface area contributed by atoms with Gasteiger partial charge in [0.2, 0.25) is 5.91 Å². The molecule has 0 bridgehead atoms. The SMILES string of the molecule is O=C(NC[C@@H]1CC(=O)N(c2ccc(-n3cccc(Br)c3=O)c(Cl)c2)C1)c1ccc(Cl)s1. The fourth-order valence-electron chi connectivity index (χ4n) is 3.44. The topological polar surface area (TPSA) is 71.4 Å². The first kappa shape index (κ1) is 22.1. The monoisotopic (exact) mass is 539 g/mol. The number of nitrogens with one attached hydrogen (secondary N) is 1. The maximum Gasteiger partial charge on any atom is 0.269 e. The Morgan fingerprint density at radius 2 is 2.00 bits per heavy atom. The van der Waals surface area contributed by atoms with Crippen molar-refractivity contribution in [3.05, 3.63) is 77.7 Å². The van der Waals surface area contributed by atoms with E-state index in [1.54, 1.807) is 53.6 Å². The molecule has 0 saturated carbocycles. The number of carbonyl (C=O) groups is 2. The van der Waals surface area contributed by atoms with E-state index in [2.05, 4.69) is 21.2 Å². The van der Waals surface area contributed by atoms with Crippen LogP contribution in [0.2, 0.25) is 9.36 Å². The third-order valence-corrected chi connectivity index (χ3v) is 7.09. The highest BCUT2D eigenvalue weighted by atomic mass is 79.9. The second-order valence-electron chi connectivity index (χ2n) is 7.06. The normalized spacial score (nSPS) is 16.0. The van der Waals surface area contributed by atoms with E-state index in [-0.39, 0.29) is 23.3 Å². The highest BCUT2D eigenvalue weighted by molar-refractivity contribution is 9.10. The molecule has 160 valence electrons. The third-order valence-electron chi connectivity index (χ3n) is 4.96. The van der Waals surface area contributed by atoms with Crippen molar-refractivity contribution in [3.8, 4) is 5.69 Å². The van der Waals surface area contributed by atoms with Gasteiger partial charge in [0.05, 0.1) is 24.4 Å². The molecular weight excluding hydrogens is 525 g/mol. The number of pyridine rings is 1. The van der Waals surface area contributed by atoms with Gasteiger partial charge in [0.1, 0.15) is 0 Å². The van der Waals surface area contributed by atoms with Crippen molar-refractivity contribution in [1.82, 2.24) is 9.88 Å². The first-order chi connectivity index (χ1) is 14.8. The lowest BCUT2D eigenvalue weighted by atomic mass is 10.1. The van der Waals surface area contributed by atoms with Crippen LogP contribution in [0, 0.1) is 5.92 Å². The minimum Gasteiger partial charge on any atom is -0.351 e. The minimum absolute atomic E-state index is 0.0157. The summed E-state index contributed by atoms with van der Waals surface area (Å²) in [5.74, 6) is -0.255. The first-order valence-electron chi connectivity index (χ1n) is 9.34. The molecule has 31 heavy (non-hydrogen) atoms. The Bertz CT molecular complexity index is 1230. The molecule has 0 aliphatic carbocycles. The van der Waals surface area contributed by atoms with E-state index >= 15 is 0 Å². The molecule has 4 rings (SSSR count). The molecule has 1 saturated heterocycles. The average molecular weight is 541 g/mol. The maximum atomic E-state index is 12.6. The molecule has 1 atom stereocenters. The maximum absolute atomic E-state index is 12.6. The van der Waals surface area contributed by atoms with E-state index in [1.807, 2.05) is 0 Å². The molecule has 6 nitrogen and oxygen atoms in total. The van der Waals surface area contributed by atoms with Gasteiger partial charge in [-0.25, -0.2) is 0 Å². The third kappa shape index (κ3) is 4.72. The largest absolute Gasteiger partial charge is 0.351 e. The van der Waals surface area contributed by atoms with Crippen LogP contribution in [-0.2, 0) is 4.79 Å². The number of halogens is 3. The van der Waals surface area contributed by atoms with Crippen LogP contribution in [0.15, 0.2) is 57.9 Å². The number of hydrogen-bond donors (Lipinski definition) is 1. The lowest BCUT2D eigenvalue weighted by Gasteiger charge is -2.18. The zero-order chi connectivity index (χ0) is 22.1. The highest BCUT2D eigenvalue weighted by Crippen LogP contribution is 2.30. The Morgan fingerprint density at radius 1 is 1.19 bits per heavy atom. The summed E-state index contributed by atoms with van der Waals surface area (Å²) in [6, 6.07) is 11.9. The summed E-state index contributed by atoms with van der Waals surface area (Å²) in [7, 11) is 0. The Balaban J connectivity index is 1.45. The summed E-state index contributed by atoms with van der Waals surface area (Å²) in [4.78, 5) is 39.3.